The molecule has 192 valence electrons. The van der Waals surface area contributed by atoms with Gasteiger partial charge in [0.2, 0.25) is 10.0 Å². The molecule has 0 heterocycles. The third-order valence-corrected chi connectivity index (χ3v) is 7.68. The first-order chi connectivity index (χ1) is 17.0. The average Bonchev–Trinajstić information content (AvgIpc) is 2.79. The number of ether oxygens (including phenoxy) is 1. The van der Waals surface area contributed by atoms with E-state index in [1.54, 1.807) is 30.3 Å². The third-order valence-electron chi connectivity index (χ3n) is 5.20. The smallest absolute Gasteiger partial charge is 0.255 e. The van der Waals surface area contributed by atoms with Crippen LogP contribution >= 0.6 is 22.6 Å². The van der Waals surface area contributed by atoms with Crippen molar-refractivity contribution >= 4 is 38.5 Å². The van der Waals surface area contributed by atoms with E-state index < -0.39 is 27.6 Å². The van der Waals surface area contributed by atoms with Gasteiger partial charge in [-0.25, -0.2) is 21.5 Å². The van der Waals surface area contributed by atoms with Crippen LogP contribution in [0.15, 0.2) is 54.6 Å². The van der Waals surface area contributed by atoms with Gasteiger partial charge in [0.25, 0.3) is 5.91 Å². The van der Waals surface area contributed by atoms with Crippen LogP contribution in [0.3, 0.4) is 0 Å². The molecule has 0 aliphatic carbocycles. The molecule has 0 aromatic heterocycles. The van der Waals surface area contributed by atoms with E-state index >= 15 is 0 Å². The predicted octanol–water partition coefficient (Wildman–Crippen LogP) is 4.07. The molecule has 3 rings (SSSR count). The second kappa shape index (κ2) is 12.1. The second-order valence-electron chi connectivity index (χ2n) is 8.12. The zero-order chi connectivity index (χ0) is 26.5. The Labute approximate surface area is 222 Å². The Morgan fingerprint density at radius 2 is 1.83 bits per heavy atom. The molecule has 0 aliphatic rings. The Hall–Kier alpha value is -2.61. The maximum Gasteiger partial charge on any atom is 0.255 e. The Morgan fingerprint density at radius 3 is 2.50 bits per heavy atom. The molecule has 0 unspecified atom stereocenters. The summed E-state index contributed by atoms with van der Waals surface area (Å²) in [4.78, 5) is 13.0. The Bertz CT molecular complexity index is 1370. The molecule has 11 heteroatoms. The SMILES string of the molecule is CN(C)S(=O)(=O)Cc1cccc(Oc2cc(F)cc(Cc3ccc(I)cc3F)c2C(=O)NCCO)c1. The lowest BCUT2D eigenvalue weighted by atomic mass is 9.97. The molecule has 0 aliphatic heterocycles. The molecule has 0 saturated heterocycles. The van der Waals surface area contributed by atoms with Gasteiger partial charge < -0.3 is 15.2 Å². The molecule has 3 aromatic carbocycles. The average molecular weight is 630 g/mol. The van der Waals surface area contributed by atoms with Gasteiger partial charge in [0.05, 0.1) is 17.9 Å². The number of nitrogens with one attached hydrogen (secondary N) is 1. The highest BCUT2D eigenvalue weighted by atomic mass is 127. The van der Waals surface area contributed by atoms with E-state index in [0.717, 1.165) is 16.4 Å². The number of aliphatic hydroxyl groups excluding tert-OH is 1. The van der Waals surface area contributed by atoms with Gasteiger partial charge >= 0.3 is 0 Å². The molecule has 0 fully saturated rings. The Morgan fingerprint density at radius 1 is 1.08 bits per heavy atom. The molecular weight excluding hydrogens is 605 g/mol. The van der Waals surface area contributed by atoms with E-state index in [-0.39, 0.29) is 53.5 Å². The van der Waals surface area contributed by atoms with Gasteiger partial charge in [-0.05, 0) is 69.6 Å². The second-order valence-corrected chi connectivity index (χ2v) is 11.5. The standard InChI is InChI=1S/C25H25F2IN2O5S/c1-30(2)36(33,34)15-16-4-3-5-21(10-16)35-23-13-19(26)12-18(24(23)25(32)29-8-9-31)11-17-6-7-20(28)14-22(17)27/h3-7,10,12-14,31H,8-9,11,15H2,1-2H3,(H,29,32). The number of sulfonamides is 1. The van der Waals surface area contributed by atoms with Crippen molar-refractivity contribution < 1.29 is 31.8 Å². The van der Waals surface area contributed by atoms with Gasteiger partial charge in [-0.1, -0.05) is 18.2 Å². The number of amides is 1. The zero-order valence-electron chi connectivity index (χ0n) is 19.6. The van der Waals surface area contributed by atoms with Crippen LogP contribution in [0.5, 0.6) is 11.5 Å². The van der Waals surface area contributed by atoms with Gasteiger partial charge in [-0.15, -0.1) is 0 Å². The fourth-order valence-corrected chi connectivity index (χ4v) is 4.72. The van der Waals surface area contributed by atoms with E-state index in [0.29, 0.717) is 9.13 Å². The minimum absolute atomic E-state index is 0.0193. The topological polar surface area (TPSA) is 95.9 Å². The molecule has 0 bridgehead atoms. The lowest BCUT2D eigenvalue weighted by Gasteiger charge is -2.17. The monoisotopic (exact) mass is 630 g/mol. The minimum Gasteiger partial charge on any atom is -0.456 e. The number of hydrogen-bond acceptors (Lipinski definition) is 5. The lowest BCUT2D eigenvalue weighted by molar-refractivity contribution is 0.0941. The summed E-state index contributed by atoms with van der Waals surface area (Å²) in [6.45, 7) is -0.364. The summed E-state index contributed by atoms with van der Waals surface area (Å²) < 4.78 is 61.4. The summed E-state index contributed by atoms with van der Waals surface area (Å²) in [5.74, 6) is -2.04. The highest BCUT2D eigenvalue weighted by molar-refractivity contribution is 14.1. The van der Waals surface area contributed by atoms with E-state index in [9.17, 15) is 22.0 Å². The number of aliphatic hydroxyl groups is 1. The first kappa shape index (κ1) is 28.0. The van der Waals surface area contributed by atoms with Crippen LogP contribution in [0.1, 0.15) is 27.0 Å². The van der Waals surface area contributed by atoms with E-state index in [2.05, 4.69) is 5.32 Å². The molecule has 2 N–H and O–H groups in total. The third kappa shape index (κ3) is 7.21. The van der Waals surface area contributed by atoms with Crippen LogP contribution in [0.4, 0.5) is 8.78 Å². The predicted molar refractivity (Wildman–Crippen MR) is 141 cm³/mol. The highest BCUT2D eigenvalue weighted by Gasteiger charge is 2.22. The van der Waals surface area contributed by atoms with Crippen LogP contribution in [0, 0.1) is 15.2 Å². The number of benzene rings is 3. The number of halogens is 3. The number of hydrogen-bond donors (Lipinski definition) is 2. The molecule has 0 atom stereocenters. The van der Waals surface area contributed by atoms with Crippen LogP contribution in [0.25, 0.3) is 0 Å². The van der Waals surface area contributed by atoms with Crippen molar-refractivity contribution in [3.05, 3.63) is 92.1 Å². The van der Waals surface area contributed by atoms with Gasteiger partial charge in [-0.2, -0.15) is 0 Å². The van der Waals surface area contributed by atoms with Crippen molar-refractivity contribution in [1.29, 1.82) is 0 Å². The maximum atomic E-state index is 14.7. The molecule has 0 radical (unpaired) electrons. The Kier molecular flexibility index (Phi) is 9.39. The maximum absolute atomic E-state index is 14.7. The first-order valence-corrected chi connectivity index (χ1v) is 13.5. The molecule has 7 nitrogen and oxygen atoms in total. The van der Waals surface area contributed by atoms with Gasteiger partial charge in [0.15, 0.2) is 0 Å². The van der Waals surface area contributed by atoms with Crippen molar-refractivity contribution in [2.75, 3.05) is 27.2 Å². The molecule has 1 amide bonds. The van der Waals surface area contributed by atoms with Crippen molar-refractivity contribution in [2.45, 2.75) is 12.2 Å². The summed E-state index contributed by atoms with van der Waals surface area (Å²) in [7, 11) is -0.677. The largest absolute Gasteiger partial charge is 0.456 e. The zero-order valence-corrected chi connectivity index (χ0v) is 22.6. The summed E-state index contributed by atoms with van der Waals surface area (Å²) in [5.41, 5.74) is 0.866. The summed E-state index contributed by atoms with van der Waals surface area (Å²) in [6.07, 6.45) is -0.0835. The van der Waals surface area contributed by atoms with Crippen molar-refractivity contribution in [1.82, 2.24) is 9.62 Å². The van der Waals surface area contributed by atoms with E-state index in [1.165, 1.54) is 26.2 Å². The fourth-order valence-electron chi connectivity index (χ4n) is 3.41. The number of carbonyl (C=O) groups is 1. The van der Waals surface area contributed by atoms with Crippen molar-refractivity contribution in [2.24, 2.45) is 0 Å². The van der Waals surface area contributed by atoms with Crippen molar-refractivity contribution in [3.63, 3.8) is 0 Å². The first-order valence-electron chi connectivity index (χ1n) is 10.8. The van der Waals surface area contributed by atoms with Crippen LogP contribution in [-0.4, -0.2) is 51.0 Å². The fraction of sp³-hybridized carbons (Fsp3) is 0.240. The van der Waals surface area contributed by atoms with Crippen LogP contribution in [-0.2, 0) is 22.2 Å². The summed E-state index contributed by atoms with van der Waals surface area (Å²) in [5, 5.41) is 11.7. The van der Waals surface area contributed by atoms with Crippen molar-refractivity contribution in [3.8, 4) is 11.5 Å². The number of carbonyl (C=O) groups excluding carboxylic acids is 1. The highest BCUT2D eigenvalue weighted by Crippen LogP contribution is 2.32. The Balaban J connectivity index is 2.04. The normalized spacial score (nSPS) is 11.5. The molecular formula is C25H25F2IN2O5S. The van der Waals surface area contributed by atoms with Gasteiger partial charge in [0.1, 0.15) is 23.1 Å². The summed E-state index contributed by atoms with van der Waals surface area (Å²) in [6, 6.07) is 13.0. The minimum atomic E-state index is -3.53. The molecule has 0 saturated carbocycles. The number of nitrogens with zero attached hydrogens (tertiary/aromatic N) is 1. The van der Waals surface area contributed by atoms with Crippen LogP contribution in [0.2, 0.25) is 0 Å². The molecule has 3 aromatic rings. The molecule has 36 heavy (non-hydrogen) atoms. The number of rotatable bonds is 10. The lowest BCUT2D eigenvalue weighted by Crippen LogP contribution is -2.28. The molecule has 0 spiro atoms. The van der Waals surface area contributed by atoms with Gasteiger partial charge in [0, 0.05) is 36.7 Å². The van der Waals surface area contributed by atoms with E-state index in [1.807, 2.05) is 22.6 Å². The summed E-state index contributed by atoms with van der Waals surface area (Å²) >= 11 is 1.97. The van der Waals surface area contributed by atoms with Gasteiger partial charge in [-0.3, -0.25) is 4.79 Å². The van der Waals surface area contributed by atoms with Crippen LogP contribution < -0.4 is 10.1 Å². The quantitative estimate of drug-likeness (QED) is 0.330. The van der Waals surface area contributed by atoms with E-state index in [4.69, 9.17) is 9.84 Å².